The number of hydrogen-bond acceptors (Lipinski definition) is 6. The van der Waals surface area contributed by atoms with E-state index in [1.807, 2.05) is 17.5 Å². The Bertz CT molecular complexity index is 526. The van der Waals surface area contributed by atoms with Gasteiger partial charge in [0.05, 0.1) is 17.4 Å². The summed E-state index contributed by atoms with van der Waals surface area (Å²) in [6.45, 7) is 4.62. The van der Waals surface area contributed by atoms with Crippen LogP contribution in [0.4, 0.5) is 0 Å². The first-order valence-electron chi connectivity index (χ1n) is 7.07. The van der Waals surface area contributed by atoms with Crippen LogP contribution < -0.4 is 5.32 Å². The van der Waals surface area contributed by atoms with Crippen LogP contribution in [0.5, 0.6) is 0 Å². The SMILES string of the molecule is CCCNC1CCOCC1c1nc(-c2cccs2)no1. The summed E-state index contributed by atoms with van der Waals surface area (Å²) in [6.07, 6.45) is 2.11. The summed E-state index contributed by atoms with van der Waals surface area (Å²) in [6, 6.07) is 4.36. The maximum Gasteiger partial charge on any atom is 0.234 e. The molecule has 20 heavy (non-hydrogen) atoms. The molecule has 0 bridgehead atoms. The summed E-state index contributed by atoms with van der Waals surface area (Å²) in [7, 11) is 0. The molecule has 6 heteroatoms. The van der Waals surface area contributed by atoms with Crippen molar-refractivity contribution in [3.05, 3.63) is 23.4 Å². The average molecular weight is 293 g/mol. The van der Waals surface area contributed by atoms with Crippen LogP contribution in [-0.2, 0) is 4.74 Å². The molecule has 1 aliphatic heterocycles. The predicted octanol–water partition coefficient (Wildman–Crippen LogP) is 2.67. The van der Waals surface area contributed by atoms with Crippen LogP contribution >= 0.6 is 11.3 Å². The number of rotatable bonds is 5. The molecule has 0 aromatic carbocycles. The highest BCUT2D eigenvalue weighted by Crippen LogP contribution is 2.28. The van der Waals surface area contributed by atoms with E-state index in [2.05, 4.69) is 22.4 Å². The highest BCUT2D eigenvalue weighted by atomic mass is 32.1. The van der Waals surface area contributed by atoms with Gasteiger partial charge in [-0.2, -0.15) is 4.98 Å². The van der Waals surface area contributed by atoms with Crippen LogP contribution in [0.1, 0.15) is 31.6 Å². The Morgan fingerprint density at radius 1 is 1.50 bits per heavy atom. The molecule has 108 valence electrons. The summed E-state index contributed by atoms with van der Waals surface area (Å²) < 4.78 is 11.0. The van der Waals surface area contributed by atoms with Gasteiger partial charge in [-0.15, -0.1) is 11.3 Å². The van der Waals surface area contributed by atoms with Crippen LogP contribution in [0.2, 0.25) is 0 Å². The number of nitrogens with one attached hydrogen (secondary N) is 1. The third-order valence-electron chi connectivity index (χ3n) is 3.51. The monoisotopic (exact) mass is 293 g/mol. The summed E-state index contributed by atoms with van der Waals surface area (Å²) in [5, 5.41) is 9.66. The van der Waals surface area contributed by atoms with E-state index in [1.165, 1.54) is 0 Å². The molecule has 1 fully saturated rings. The fraction of sp³-hybridized carbons (Fsp3) is 0.571. The molecule has 0 aliphatic carbocycles. The lowest BCUT2D eigenvalue weighted by molar-refractivity contribution is 0.0498. The number of nitrogens with zero attached hydrogens (tertiary/aromatic N) is 2. The smallest absolute Gasteiger partial charge is 0.234 e. The van der Waals surface area contributed by atoms with Gasteiger partial charge in [-0.25, -0.2) is 0 Å². The molecule has 5 nitrogen and oxygen atoms in total. The summed E-state index contributed by atoms with van der Waals surface area (Å²) in [5.74, 6) is 1.51. The van der Waals surface area contributed by atoms with Gasteiger partial charge in [0.25, 0.3) is 0 Å². The van der Waals surface area contributed by atoms with Crippen molar-refractivity contribution in [1.82, 2.24) is 15.5 Å². The Balaban J connectivity index is 1.76. The van der Waals surface area contributed by atoms with Gasteiger partial charge in [-0.1, -0.05) is 18.1 Å². The van der Waals surface area contributed by atoms with Gasteiger partial charge >= 0.3 is 0 Å². The van der Waals surface area contributed by atoms with E-state index in [1.54, 1.807) is 11.3 Å². The van der Waals surface area contributed by atoms with E-state index in [9.17, 15) is 0 Å². The molecular weight excluding hydrogens is 274 g/mol. The van der Waals surface area contributed by atoms with Crippen LogP contribution in [0, 0.1) is 0 Å². The fourth-order valence-electron chi connectivity index (χ4n) is 2.45. The Labute approximate surface area is 122 Å². The lowest BCUT2D eigenvalue weighted by atomic mass is 9.95. The molecule has 0 saturated carbocycles. The molecule has 3 rings (SSSR count). The summed E-state index contributed by atoms with van der Waals surface area (Å²) in [5.41, 5.74) is 0. The molecule has 2 aromatic heterocycles. The Morgan fingerprint density at radius 3 is 3.25 bits per heavy atom. The number of hydrogen-bond donors (Lipinski definition) is 1. The highest BCUT2D eigenvalue weighted by Gasteiger charge is 2.31. The molecule has 2 atom stereocenters. The molecule has 2 unspecified atom stereocenters. The van der Waals surface area contributed by atoms with Gasteiger partial charge in [0.15, 0.2) is 0 Å². The van der Waals surface area contributed by atoms with E-state index in [0.717, 1.165) is 30.9 Å². The van der Waals surface area contributed by atoms with E-state index in [0.29, 0.717) is 24.4 Å². The summed E-state index contributed by atoms with van der Waals surface area (Å²) >= 11 is 1.62. The minimum absolute atomic E-state index is 0.150. The van der Waals surface area contributed by atoms with Gasteiger partial charge < -0.3 is 14.6 Å². The minimum Gasteiger partial charge on any atom is -0.381 e. The molecule has 2 aromatic rings. The molecule has 0 radical (unpaired) electrons. The average Bonchev–Trinajstić information content (AvgIpc) is 3.15. The predicted molar refractivity (Wildman–Crippen MR) is 77.9 cm³/mol. The Hall–Kier alpha value is -1.24. The first kappa shape index (κ1) is 13.7. The Kier molecular flexibility index (Phi) is 4.44. The van der Waals surface area contributed by atoms with Crippen molar-refractivity contribution < 1.29 is 9.26 Å². The highest BCUT2D eigenvalue weighted by molar-refractivity contribution is 7.13. The van der Waals surface area contributed by atoms with Gasteiger partial charge in [-0.3, -0.25) is 0 Å². The molecule has 1 aliphatic rings. The minimum atomic E-state index is 0.150. The second kappa shape index (κ2) is 6.47. The zero-order valence-corrected chi connectivity index (χ0v) is 12.4. The molecule has 1 saturated heterocycles. The maximum absolute atomic E-state index is 5.58. The van der Waals surface area contributed by atoms with Crippen LogP contribution in [0.25, 0.3) is 10.7 Å². The fourth-order valence-corrected chi connectivity index (χ4v) is 3.10. The first-order valence-corrected chi connectivity index (χ1v) is 7.95. The van der Waals surface area contributed by atoms with E-state index >= 15 is 0 Å². The maximum atomic E-state index is 5.58. The van der Waals surface area contributed by atoms with Crippen molar-refractivity contribution in [3.63, 3.8) is 0 Å². The zero-order chi connectivity index (χ0) is 13.8. The van der Waals surface area contributed by atoms with Gasteiger partial charge in [0, 0.05) is 12.6 Å². The lowest BCUT2D eigenvalue weighted by Gasteiger charge is -2.29. The molecule has 0 amide bonds. The number of ether oxygens (including phenoxy) is 1. The van der Waals surface area contributed by atoms with E-state index < -0.39 is 0 Å². The number of thiophene rings is 1. The van der Waals surface area contributed by atoms with Crippen LogP contribution in [0.15, 0.2) is 22.0 Å². The zero-order valence-electron chi connectivity index (χ0n) is 11.5. The molecular formula is C14H19N3O2S. The third-order valence-corrected chi connectivity index (χ3v) is 4.38. The van der Waals surface area contributed by atoms with Crippen molar-refractivity contribution in [3.8, 4) is 10.7 Å². The van der Waals surface area contributed by atoms with Crippen molar-refractivity contribution in [2.24, 2.45) is 0 Å². The van der Waals surface area contributed by atoms with Crippen molar-refractivity contribution in [1.29, 1.82) is 0 Å². The van der Waals surface area contributed by atoms with E-state index in [4.69, 9.17) is 9.26 Å². The lowest BCUT2D eigenvalue weighted by Crippen LogP contribution is -2.41. The molecule has 3 heterocycles. The number of aromatic nitrogens is 2. The van der Waals surface area contributed by atoms with Crippen molar-refractivity contribution in [2.75, 3.05) is 19.8 Å². The van der Waals surface area contributed by atoms with Crippen molar-refractivity contribution >= 4 is 11.3 Å². The van der Waals surface area contributed by atoms with Crippen LogP contribution in [-0.4, -0.2) is 35.9 Å². The van der Waals surface area contributed by atoms with Crippen molar-refractivity contribution in [2.45, 2.75) is 31.7 Å². The van der Waals surface area contributed by atoms with Gasteiger partial charge in [-0.05, 0) is 30.8 Å². The largest absolute Gasteiger partial charge is 0.381 e. The van der Waals surface area contributed by atoms with E-state index in [-0.39, 0.29) is 5.92 Å². The first-order chi connectivity index (χ1) is 9.88. The normalized spacial score (nSPS) is 23.1. The third kappa shape index (κ3) is 2.92. The second-order valence-corrected chi connectivity index (χ2v) is 5.91. The Morgan fingerprint density at radius 2 is 2.45 bits per heavy atom. The quantitative estimate of drug-likeness (QED) is 0.918. The van der Waals surface area contributed by atoms with Crippen LogP contribution in [0.3, 0.4) is 0 Å². The standard InChI is InChI=1S/C14H19N3O2S/c1-2-6-15-11-5-7-18-9-10(11)14-16-13(17-19-14)12-4-3-8-20-12/h3-4,8,10-11,15H,2,5-7,9H2,1H3. The van der Waals surface area contributed by atoms with Gasteiger partial charge in [0.2, 0.25) is 11.7 Å². The van der Waals surface area contributed by atoms with Gasteiger partial charge in [0.1, 0.15) is 0 Å². The summed E-state index contributed by atoms with van der Waals surface area (Å²) in [4.78, 5) is 5.58. The topological polar surface area (TPSA) is 60.2 Å². The molecule has 0 spiro atoms. The molecule has 1 N–H and O–H groups in total. The second-order valence-electron chi connectivity index (χ2n) is 4.96.